The Hall–Kier alpha value is -0.645. The van der Waals surface area contributed by atoms with E-state index in [4.69, 9.17) is 5.11 Å². The molecule has 0 aromatic heterocycles. The minimum atomic E-state index is -0.578. The third-order valence-electron chi connectivity index (χ3n) is 1.24. The first-order valence-corrected chi connectivity index (χ1v) is 5.65. The van der Waals surface area contributed by atoms with Crippen LogP contribution in [-0.2, 0) is 26.1 Å². The molecule has 5 heteroatoms. The van der Waals surface area contributed by atoms with Gasteiger partial charge in [-0.1, -0.05) is 0 Å². The first kappa shape index (κ1) is 8.45. The van der Waals surface area contributed by atoms with E-state index in [1.165, 1.54) is 12.1 Å². The van der Waals surface area contributed by atoms with E-state index in [-0.39, 0.29) is 11.4 Å². The number of hydrogen-bond acceptors (Lipinski definition) is 3. The van der Waals surface area contributed by atoms with Gasteiger partial charge in [-0.2, -0.15) is 0 Å². The van der Waals surface area contributed by atoms with Gasteiger partial charge in [0.1, 0.15) is 0 Å². The van der Waals surface area contributed by atoms with Gasteiger partial charge in [0.25, 0.3) is 0 Å². The summed E-state index contributed by atoms with van der Waals surface area (Å²) in [5.41, 5.74) is -0.197. The molecule has 0 heterocycles. The van der Waals surface area contributed by atoms with Crippen LogP contribution in [0, 0.1) is 10.1 Å². The standard InChI is InChI=1S/C6H4NO3.Hg/c8-6-4-2-1-3-5(6)7(9)10;/h2-4,8H;/q;+1. The van der Waals surface area contributed by atoms with Gasteiger partial charge in [0.05, 0.1) is 0 Å². The predicted octanol–water partition coefficient (Wildman–Crippen LogP) is 0.472. The maximum atomic E-state index is 10.2. The summed E-state index contributed by atoms with van der Waals surface area (Å²) in [6.45, 7) is 0. The molecule has 0 aliphatic rings. The molecular formula is C6H4HgNO3+. The molecule has 0 radical (unpaired) electrons. The Kier molecular flexibility index (Phi) is 2.43. The molecule has 0 amide bonds. The van der Waals surface area contributed by atoms with Gasteiger partial charge in [0, 0.05) is 0 Å². The van der Waals surface area contributed by atoms with E-state index in [9.17, 15) is 10.1 Å². The summed E-state index contributed by atoms with van der Waals surface area (Å²) >= 11 is 0.359. The van der Waals surface area contributed by atoms with Crippen LogP contribution in [0.3, 0.4) is 0 Å². The zero-order valence-electron chi connectivity index (χ0n) is 5.65. The van der Waals surface area contributed by atoms with Crippen molar-refractivity contribution in [2.75, 3.05) is 0 Å². The van der Waals surface area contributed by atoms with Crippen molar-refractivity contribution in [2.24, 2.45) is 0 Å². The molecule has 0 unspecified atom stereocenters. The van der Waals surface area contributed by atoms with E-state index in [0.29, 0.717) is 26.1 Å². The molecule has 0 saturated heterocycles. The molecular weight excluding hydrogens is 335 g/mol. The molecule has 11 heavy (non-hydrogen) atoms. The van der Waals surface area contributed by atoms with Crippen LogP contribution in [0.15, 0.2) is 18.2 Å². The van der Waals surface area contributed by atoms with Crippen molar-refractivity contribution >= 4 is 8.76 Å². The van der Waals surface area contributed by atoms with E-state index < -0.39 is 4.92 Å². The normalized spacial score (nSPS) is 9.64. The predicted molar refractivity (Wildman–Crippen MR) is 34.4 cm³/mol. The molecule has 0 fully saturated rings. The zero-order chi connectivity index (χ0) is 8.43. The van der Waals surface area contributed by atoms with Crippen molar-refractivity contribution in [1.29, 1.82) is 0 Å². The molecule has 1 rings (SSSR count). The first-order valence-electron chi connectivity index (χ1n) is 2.90. The maximum absolute atomic E-state index is 10.2. The van der Waals surface area contributed by atoms with E-state index >= 15 is 0 Å². The van der Waals surface area contributed by atoms with Gasteiger partial charge in [-0.25, -0.2) is 0 Å². The second kappa shape index (κ2) is 3.17. The van der Waals surface area contributed by atoms with Crippen LogP contribution in [0.25, 0.3) is 0 Å². The average Bonchev–Trinajstić information content (AvgIpc) is 1.94. The topological polar surface area (TPSA) is 63.4 Å². The molecule has 1 aromatic carbocycles. The second-order valence-corrected chi connectivity index (χ2v) is 5.25. The van der Waals surface area contributed by atoms with Gasteiger partial charge in [-0.05, 0) is 0 Å². The summed E-state index contributed by atoms with van der Waals surface area (Å²) in [5.74, 6) is -0.260. The number of aromatic hydroxyl groups is 1. The van der Waals surface area contributed by atoms with Crippen molar-refractivity contribution in [3.05, 3.63) is 28.3 Å². The average molecular weight is 339 g/mol. The first-order chi connectivity index (χ1) is 5.11. The molecule has 0 aliphatic carbocycles. The van der Waals surface area contributed by atoms with Crippen molar-refractivity contribution in [3.8, 4) is 5.75 Å². The monoisotopic (exact) mass is 340 g/mol. The molecule has 52 valence electrons. The van der Waals surface area contributed by atoms with Gasteiger partial charge < -0.3 is 0 Å². The molecule has 0 spiro atoms. The summed E-state index contributed by atoms with van der Waals surface area (Å²) in [4.78, 5) is 9.66. The van der Waals surface area contributed by atoms with Crippen LogP contribution >= 0.6 is 0 Å². The van der Waals surface area contributed by atoms with Gasteiger partial charge >= 0.3 is 79.0 Å². The van der Waals surface area contributed by atoms with Crippen LogP contribution in [0.4, 0.5) is 5.69 Å². The third kappa shape index (κ3) is 1.89. The SMILES string of the molecule is O=[N+]([O-])c1c[c]([Hg+])ccc1O. The molecule has 1 aromatic rings. The molecule has 1 N–H and O–H groups in total. The van der Waals surface area contributed by atoms with Crippen molar-refractivity contribution < 1.29 is 36.2 Å². The summed E-state index contributed by atoms with van der Waals surface area (Å²) in [6, 6.07) is 4.48. The summed E-state index contributed by atoms with van der Waals surface area (Å²) in [5, 5.41) is 19.2. The Balaban J connectivity index is 3.23. The van der Waals surface area contributed by atoms with Gasteiger partial charge in [0.15, 0.2) is 0 Å². The number of nitro benzene ring substituents is 1. The molecule has 4 nitrogen and oxygen atoms in total. The van der Waals surface area contributed by atoms with Crippen LogP contribution in [0.1, 0.15) is 0 Å². The number of nitro groups is 1. The molecule has 0 bridgehead atoms. The number of phenols is 1. The minimum absolute atomic E-state index is 0.197. The summed E-state index contributed by atoms with van der Waals surface area (Å²) < 4.78 is 0.953. The second-order valence-electron chi connectivity index (χ2n) is 2.08. The number of rotatable bonds is 1. The number of phenolic OH excluding ortho intramolecular Hbond substituents is 1. The Morgan fingerprint density at radius 3 is 2.64 bits per heavy atom. The Morgan fingerprint density at radius 2 is 2.18 bits per heavy atom. The molecule has 0 aliphatic heterocycles. The van der Waals surface area contributed by atoms with Gasteiger partial charge in [-0.3, -0.25) is 0 Å². The van der Waals surface area contributed by atoms with E-state index in [0.717, 1.165) is 3.07 Å². The summed E-state index contributed by atoms with van der Waals surface area (Å²) in [6.07, 6.45) is 0. The van der Waals surface area contributed by atoms with Crippen LogP contribution in [0.5, 0.6) is 5.75 Å². The summed E-state index contributed by atoms with van der Waals surface area (Å²) in [7, 11) is 0. The Labute approximate surface area is 79.0 Å². The fourth-order valence-electron chi connectivity index (χ4n) is 0.715. The number of benzene rings is 1. The Morgan fingerprint density at radius 1 is 1.55 bits per heavy atom. The van der Waals surface area contributed by atoms with Crippen molar-refractivity contribution in [2.45, 2.75) is 0 Å². The van der Waals surface area contributed by atoms with Crippen molar-refractivity contribution in [1.82, 2.24) is 0 Å². The van der Waals surface area contributed by atoms with E-state index in [1.54, 1.807) is 6.07 Å². The van der Waals surface area contributed by atoms with Gasteiger partial charge in [0.2, 0.25) is 0 Å². The van der Waals surface area contributed by atoms with E-state index in [2.05, 4.69) is 0 Å². The van der Waals surface area contributed by atoms with E-state index in [1.807, 2.05) is 0 Å². The third-order valence-corrected chi connectivity index (χ3v) is 2.95. The van der Waals surface area contributed by atoms with Crippen LogP contribution in [-0.4, -0.2) is 10.0 Å². The van der Waals surface area contributed by atoms with Crippen LogP contribution < -0.4 is 3.07 Å². The fraction of sp³-hybridized carbons (Fsp3) is 0. The number of hydrogen-bond donors (Lipinski definition) is 1. The fourth-order valence-corrected chi connectivity index (χ4v) is 1.93. The van der Waals surface area contributed by atoms with Gasteiger partial charge in [-0.15, -0.1) is 0 Å². The quantitative estimate of drug-likeness (QED) is 0.460. The number of nitrogens with zero attached hydrogens (tertiary/aromatic N) is 1. The molecule has 0 saturated carbocycles. The van der Waals surface area contributed by atoms with Crippen LogP contribution in [0.2, 0.25) is 0 Å². The van der Waals surface area contributed by atoms with Crippen molar-refractivity contribution in [3.63, 3.8) is 0 Å². The molecule has 0 atom stereocenters. The Bertz CT molecular complexity index is 300. The zero-order valence-corrected chi connectivity index (χ0v) is 11.1.